The number of nitrogens with one attached hydrogen (secondary N) is 1. The topological polar surface area (TPSA) is 29.9 Å². The molecule has 0 amide bonds. The Labute approximate surface area is 159 Å². The summed E-state index contributed by atoms with van der Waals surface area (Å²) in [6.07, 6.45) is 0.853. The Bertz CT molecular complexity index is 925. The quantitative estimate of drug-likeness (QED) is 0.563. The van der Waals surface area contributed by atoms with Gasteiger partial charge in [-0.15, -0.1) is 0 Å². The van der Waals surface area contributed by atoms with E-state index in [1.54, 1.807) is 28.9 Å². The van der Waals surface area contributed by atoms with E-state index in [4.69, 9.17) is 51.5 Å². The van der Waals surface area contributed by atoms with E-state index in [2.05, 4.69) is 5.32 Å². The number of aromatic nitrogens is 2. The summed E-state index contributed by atoms with van der Waals surface area (Å²) < 4.78 is 1.78. The van der Waals surface area contributed by atoms with Gasteiger partial charge in [0.1, 0.15) is 5.82 Å². The maximum Gasteiger partial charge on any atom is 0.133 e. The van der Waals surface area contributed by atoms with Crippen LogP contribution in [0.2, 0.25) is 20.1 Å². The van der Waals surface area contributed by atoms with Crippen molar-refractivity contribution in [1.29, 1.82) is 0 Å². The van der Waals surface area contributed by atoms with Gasteiger partial charge in [-0.05, 0) is 30.7 Å². The number of rotatable bonds is 2. The third-order valence-corrected chi connectivity index (χ3v) is 5.37. The minimum absolute atomic E-state index is 0.496. The van der Waals surface area contributed by atoms with Gasteiger partial charge in [-0.1, -0.05) is 58.5 Å². The van der Waals surface area contributed by atoms with E-state index in [9.17, 15) is 0 Å². The molecule has 3 nitrogen and oxygen atoms in total. The van der Waals surface area contributed by atoms with Crippen molar-refractivity contribution in [3.05, 3.63) is 62.1 Å². The number of hydrogen-bond donors (Lipinski definition) is 1. The van der Waals surface area contributed by atoms with E-state index in [0.29, 0.717) is 20.1 Å². The molecule has 0 radical (unpaired) electrons. The normalized spacial score (nSPS) is 13.0. The van der Waals surface area contributed by atoms with Gasteiger partial charge in [-0.2, -0.15) is 5.10 Å². The van der Waals surface area contributed by atoms with E-state index in [0.717, 1.165) is 41.3 Å². The van der Waals surface area contributed by atoms with Crippen molar-refractivity contribution in [1.82, 2.24) is 9.78 Å². The molecule has 24 heavy (non-hydrogen) atoms. The lowest BCUT2D eigenvalue weighted by molar-refractivity contribution is 0.883. The van der Waals surface area contributed by atoms with E-state index in [1.807, 2.05) is 12.1 Å². The summed E-state index contributed by atoms with van der Waals surface area (Å²) in [6.45, 7) is 0.830. The molecule has 0 bridgehead atoms. The first-order valence-electron chi connectivity index (χ1n) is 7.32. The minimum Gasteiger partial charge on any atom is -0.369 e. The summed E-state index contributed by atoms with van der Waals surface area (Å²) in [5, 5.41) is 10.3. The molecule has 122 valence electrons. The first-order valence-corrected chi connectivity index (χ1v) is 8.83. The van der Waals surface area contributed by atoms with Crippen molar-refractivity contribution >= 4 is 52.2 Å². The summed E-state index contributed by atoms with van der Waals surface area (Å²) in [4.78, 5) is 0. The van der Waals surface area contributed by atoms with E-state index >= 15 is 0 Å². The molecule has 0 saturated carbocycles. The molecule has 1 aliphatic heterocycles. The van der Waals surface area contributed by atoms with Gasteiger partial charge in [-0.3, -0.25) is 0 Å². The predicted octanol–water partition coefficient (Wildman–Crippen LogP) is 6.12. The molecule has 3 aromatic rings. The first kappa shape index (κ1) is 16.1. The van der Waals surface area contributed by atoms with Crippen LogP contribution >= 0.6 is 46.4 Å². The maximum absolute atomic E-state index is 6.39. The molecule has 0 fully saturated rings. The number of halogens is 4. The van der Waals surface area contributed by atoms with Crippen LogP contribution in [0.5, 0.6) is 0 Å². The molecule has 0 saturated heterocycles. The van der Waals surface area contributed by atoms with Crippen LogP contribution in [0.1, 0.15) is 5.56 Å². The van der Waals surface area contributed by atoms with Gasteiger partial charge in [0.25, 0.3) is 0 Å². The second-order valence-corrected chi connectivity index (χ2v) is 7.09. The van der Waals surface area contributed by atoms with Crippen LogP contribution in [0.15, 0.2) is 36.4 Å². The molecule has 1 aliphatic rings. The summed E-state index contributed by atoms with van der Waals surface area (Å²) in [5.41, 5.74) is 3.42. The van der Waals surface area contributed by atoms with Gasteiger partial charge in [0.05, 0.1) is 26.4 Å². The number of hydrogen-bond acceptors (Lipinski definition) is 2. The molecule has 0 aliphatic carbocycles. The Morgan fingerprint density at radius 3 is 2.67 bits per heavy atom. The van der Waals surface area contributed by atoms with Crippen molar-refractivity contribution < 1.29 is 0 Å². The van der Waals surface area contributed by atoms with Crippen molar-refractivity contribution in [2.24, 2.45) is 0 Å². The zero-order valence-corrected chi connectivity index (χ0v) is 15.3. The SMILES string of the molecule is Clc1ccc(Cl)c(-n2nc(-c3cccc(Cl)c3Cl)c3c2NCC3)c1. The van der Waals surface area contributed by atoms with E-state index in [1.165, 1.54) is 0 Å². The standard InChI is InChI=1S/C17H11Cl4N3/c18-9-4-5-12(19)14(8-9)24-17-11(6-7-22-17)16(23-24)10-2-1-3-13(20)15(10)21/h1-5,8,22H,6-7H2. The minimum atomic E-state index is 0.496. The molecule has 4 rings (SSSR count). The largest absolute Gasteiger partial charge is 0.369 e. The van der Waals surface area contributed by atoms with Crippen molar-refractivity contribution in [3.8, 4) is 16.9 Å². The first-order chi connectivity index (χ1) is 11.6. The lowest BCUT2D eigenvalue weighted by Gasteiger charge is -2.09. The van der Waals surface area contributed by atoms with Crippen LogP contribution in [-0.2, 0) is 6.42 Å². The Hall–Kier alpha value is -1.39. The Morgan fingerprint density at radius 2 is 1.83 bits per heavy atom. The van der Waals surface area contributed by atoms with Gasteiger partial charge in [-0.25, -0.2) is 4.68 Å². The van der Waals surface area contributed by atoms with E-state index in [-0.39, 0.29) is 0 Å². The highest BCUT2D eigenvalue weighted by Gasteiger charge is 2.26. The Balaban J connectivity index is 1.96. The highest BCUT2D eigenvalue weighted by Crippen LogP contribution is 2.40. The monoisotopic (exact) mass is 397 g/mol. The van der Waals surface area contributed by atoms with Gasteiger partial charge in [0, 0.05) is 22.7 Å². The zero-order valence-electron chi connectivity index (χ0n) is 12.3. The molecule has 1 N–H and O–H groups in total. The summed E-state index contributed by atoms with van der Waals surface area (Å²) >= 11 is 25.0. The molecular weight excluding hydrogens is 388 g/mol. The highest BCUT2D eigenvalue weighted by molar-refractivity contribution is 6.43. The number of nitrogens with zero attached hydrogens (tertiary/aromatic N) is 2. The average molecular weight is 399 g/mol. The van der Waals surface area contributed by atoms with Gasteiger partial charge in [0.15, 0.2) is 0 Å². The summed E-state index contributed by atoms with van der Waals surface area (Å²) in [7, 11) is 0. The molecule has 2 aromatic carbocycles. The second kappa shape index (κ2) is 6.16. The molecule has 0 unspecified atom stereocenters. The molecule has 1 aromatic heterocycles. The third kappa shape index (κ3) is 2.56. The van der Waals surface area contributed by atoms with Crippen LogP contribution < -0.4 is 5.32 Å². The van der Waals surface area contributed by atoms with Crippen molar-refractivity contribution in [3.63, 3.8) is 0 Å². The smallest absolute Gasteiger partial charge is 0.133 e. The number of benzene rings is 2. The predicted molar refractivity (Wildman–Crippen MR) is 101 cm³/mol. The van der Waals surface area contributed by atoms with Crippen LogP contribution in [0, 0.1) is 0 Å². The molecule has 0 atom stereocenters. The highest BCUT2D eigenvalue weighted by atomic mass is 35.5. The number of anilines is 1. The van der Waals surface area contributed by atoms with Gasteiger partial charge in [0.2, 0.25) is 0 Å². The molecule has 0 spiro atoms. The van der Waals surface area contributed by atoms with E-state index < -0.39 is 0 Å². The van der Waals surface area contributed by atoms with Gasteiger partial charge >= 0.3 is 0 Å². The van der Waals surface area contributed by atoms with Crippen LogP contribution in [0.25, 0.3) is 16.9 Å². The Morgan fingerprint density at radius 1 is 1.00 bits per heavy atom. The fraction of sp³-hybridized carbons (Fsp3) is 0.118. The number of fused-ring (bicyclic) bond motifs is 1. The second-order valence-electron chi connectivity index (χ2n) is 5.46. The average Bonchev–Trinajstić information content (AvgIpc) is 3.15. The molecule has 7 heteroatoms. The summed E-state index contributed by atoms with van der Waals surface area (Å²) in [6, 6.07) is 10.8. The van der Waals surface area contributed by atoms with Crippen molar-refractivity contribution in [2.45, 2.75) is 6.42 Å². The molecular formula is C17H11Cl4N3. The Kier molecular flexibility index (Phi) is 4.13. The fourth-order valence-corrected chi connectivity index (χ4v) is 3.65. The van der Waals surface area contributed by atoms with Crippen LogP contribution in [-0.4, -0.2) is 16.3 Å². The zero-order chi connectivity index (χ0) is 16.8. The van der Waals surface area contributed by atoms with Crippen molar-refractivity contribution in [2.75, 3.05) is 11.9 Å². The lowest BCUT2D eigenvalue weighted by atomic mass is 10.1. The van der Waals surface area contributed by atoms with Crippen LogP contribution in [0.4, 0.5) is 5.82 Å². The summed E-state index contributed by atoms with van der Waals surface area (Å²) in [5.74, 6) is 0.908. The van der Waals surface area contributed by atoms with Gasteiger partial charge < -0.3 is 5.32 Å². The maximum atomic E-state index is 6.39. The third-order valence-electron chi connectivity index (χ3n) is 3.99. The van der Waals surface area contributed by atoms with Crippen LogP contribution in [0.3, 0.4) is 0 Å². The fourth-order valence-electron chi connectivity index (χ4n) is 2.90. The lowest BCUT2D eigenvalue weighted by Crippen LogP contribution is -2.05. The molecule has 2 heterocycles.